The normalized spacial score (nSPS) is 24.1. The summed E-state index contributed by atoms with van der Waals surface area (Å²) in [7, 11) is 0. The van der Waals surface area contributed by atoms with Crippen LogP contribution in [0.2, 0.25) is 0 Å². The number of anilines is 1. The molecule has 1 fully saturated rings. The maximum atomic E-state index is 9.79. The van der Waals surface area contributed by atoms with Gasteiger partial charge < -0.3 is 15.7 Å². The maximum Gasteiger partial charge on any atom is 0.107 e. The first-order valence-corrected chi connectivity index (χ1v) is 7.22. The van der Waals surface area contributed by atoms with Crippen molar-refractivity contribution >= 4 is 38.8 Å². The van der Waals surface area contributed by atoms with E-state index in [-0.39, 0.29) is 12.0 Å². The molecule has 0 radical (unpaired) electrons. The molecule has 1 aromatic carbocycles. The van der Waals surface area contributed by atoms with Crippen LogP contribution in [0.3, 0.4) is 0 Å². The average molecular weight is 329 g/mol. The number of nitrogens with two attached hydrogens (primary N) is 1. The van der Waals surface area contributed by atoms with Gasteiger partial charge in [0.1, 0.15) is 4.99 Å². The van der Waals surface area contributed by atoms with E-state index < -0.39 is 0 Å². The van der Waals surface area contributed by atoms with Crippen LogP contribution in [-0.2, 0) is 0 Å². The number of hydrogen-bond donors (Lipinski definition) is 2. The number of rotatable bonds is 2. The number of hydrogen-bond acceptors (Lipinski definition) is 3. The second-order valence-corrected chi connectivity index (χ2v) is 6.07. The minimum absolute atomic E-state index is 0.207. The maximum absolute atomic E-state index is 9.79. The number of piperidine rings is 1. The fourth-order valence-electron chi connectivity index (χ4n) is 2.37. The van der Waals surface area contributed by atoms with Crippen LogP contribution in [0.15, 0.2) is 22.7 Å². The predicted octanol–water partition coefficient (Wildman–Crippen LogP) is 2.29. The highest BCUT2D eigenvalue weighted by Gasteiger charge is 2.26. The van der Waals surface area contributed by atoms with Crippen molar-refractivity contribution in [3.05, 3.63) is 28.2 Å². The van der Waals surface area contributed by atoms with Gasteiger partial charge in [-0.25, -0.2) is 0 Å². The molecule has 1 aliphatic heterocycles. The molecule has 5 heteroatoms. The third-order valence-electron chi connectivity index (χ3n) is 3.44. The van der Waals surface area contributed by atoms with Crippen LogP contribution in [0.4, 0.5) is 5.69 Å². The lowest BCUT2D eigenvalue weighted by Crippen LogP contribution is -2.42. The predicted molar refractivity (Wildman–Crippen MR) is 82.0 cm³/mol. The molecule has 0 aromatic heterocycles. The van der Waals surface area contributed by atoms with Gasteiger partial charge in [0.05, 0.1) is 6.10 Å². The fourth-order valence-corrected chi connectivity index (χ4v) is 3.29. The van der Waals surface area contributed by atoms with E-state index in [2.05, 4.69) is 27.8 Å². The highest BCUT2D eigenvalue weighted by atomic mass is 79.9. The zero-order valence-corrected chi connectivity index (χ0v) is 12.7. The molecule has 3 N–H and O–H groups in total. The Kier molecular flexibility index (Phi) is 4.25. The number of aliphatic hydroxyl groups is 1. The third kappa shape index (κ3) is 2.68. The average Bonchev–Trinajstić information content (AvgIpc) is 2.32. The van der Waals surface area contributed by atoms with E-state index >= 15 is 0 Å². The first-order valence-electron chi connectivity index (χ1n) is 6.02. The Morgan fingerprint density at radius 1 is 1.56 bits per heavy atom. The highest BCUT2D eigenvalue weighted by Crippen LogP contribution is 2.31. The Balaban J connectivity index is 2.34. The molecule has 1 aliphatic rings. The van der Waals surface area contributed by atoms with Crippen molar-refractivity contribution in [1.82, 2.24) is 0 Å². The molecule has 0 saturated carbocycles. The number of nitrogens with zero attached hydrogens (tertiary/aromatic N) is 1. The Labute approximate surface area is 121 Å². The molecule has 0 amide bonds. The van der Waals surface area contributed by atoms with Crippen LogP contribution in [0, 0.1) is 5.92 Å². The lowest BCUT2D eigenvalue weighted by molar-refractivity contribution is 0.0971. The lowest BCUT2D eigenvalue weighted by Gasteiger charge is -2.37. The van der Waals surface area contributed by atoms with Crippen molar-refractivity contribution in [1.29, 1.82) is 0 Å². The minimum atomic E-state index is -0.207. The van der Waals surface area contributed by atoms with Crippen LogP contribution in [0.1, 0.15) is 18.9 Å². The molecular formula is C13H17BrN2OS. The largest absolute Gasteiger partial charge is 0.393 e. The summed E-state index contributed by atoms with van der Waals surface area (Å²) >= 11 is 8.63. The molecule has 98 valence electrons. The van der Waals surface area contributed by atoms with Crippen molar-refractivity contribution in [2.75, 3.05) is 18.0 Å². The van der Waals surface area contributed by atoms with E-state index in [1.807, 2.05) is 18.2 Å². The molecule has 1 saturated heterocycles. The van der Waals surface area contributed by atoms with Gasteiger partial charge in [0.2, 0.25) is 0 Å². The Bertz CT molecular complexity index is 466. The van der Waals surface area contributed by atoms with E-state index in [4.69, 9.17) is 18.0 Å². The molecule has 2 atom stereocenters. The monoisotopic (exact) mass is 328 g/mol. The molecule has 2 rings (SSSR count). The van der Waals surface area contributed by atoms with Crippen molar-refractivity contribution in [3.8, 4) is 0 Å². The van der Waals surface area contributed by atoms with E-state index in [0.717, 1.165) is 35.2 Å². The van der Waals surface area contributed by atoms with Crippen LogP contribution in [-0.4, -0.2) is 29.3 Å². The molecule has 1 heterocycles. The number of benzene rings is 1. The summed E-state index contributed by atoms with van der Waals surface area (Å²) in [5.74, 6) is 0.261. The Morgan fingerprint density at radius 3 is 2.89 bits per heavy atom. The Hall–Kier alpha value is -0.650. The summed E-state index contributed by atoms with van der Waals surface area (Å²) < 4.78 is 0.922. The van der Waals surface area contributed by atoms with Gasteiger partial charge >= 0.3 is 0 Å². The topological polar surface area (TPSA) is 49.5 Å². The van der Waals surface area contributed by atoms with Crippen LogP contribution in [0.25, 0.3) is 0 Å². The van der Waals surface area contributed by atoms with Crippen molar-refractivity contribution < 1.29 is 5.11 Å². The summed E-state index contributed by atoms with van der Waals surface area (Å²) in [4.78, 5) is 2.65. The zero-order valence-electron chi connectivity index (χ0n) is 10.3. The zero-order chi connectivity index (χ0) is 13.3. The number of aliphatic hydroxyl groups excluding tert-OH is 1. The van der Waals surface area contributed by atoms with E-state index in [0.29, 0.717) is 4.99 Å². The van der Waals surface area contributed by atoms with Crippen molar-refractivity contribution in [3.63, 3.8) is 0 Å². The summed E-state index contributed by atoms with van der Waals surface area (Å²) in [5.41, 5.74) is 7.75. The lowest BCUT2D eigenvalue weighted by atomic mass is 9.95. The molecular weight excluding hydrogens is 312 g/mol. The number of thiocarbonyl (C=S) groups is 1. The fraction of sp³-hybridized carbons (Fsp3) is 0.462. The van der Waals surface area contributed by atoms with Gasteiger partial charge in [0.15, 0.2) is 0 Å². The molecule has 0 bridgehead atoms. The summed E-state index contributed by atoms with van der Waals surface area (Å²) in [6.45, 7) is 3.72. The van der Waals surface area contributed by atoms with E-state index in [1.165, 1.54) is 0 Å². The van der Waals surface area contributed by atoms with Crippen LogP contribution >= 0.6 is 28.1 Å². The molecule has 0 spiro atoms. The van der Waals surface area contributed by atoms with E-state index in [1.54, 1.807) is 0 Å². The van der Waals surface area contributed by atoms with Gasteiger partial charge in [-0.3, -0.25) is 0 Å². The summed E-state index contributed by atoms with van der Waals surface area (Å²) in [5, 5.41) is 9.79. The molecule has 18 heavy (non-hydrogen) atoms. The standard InChI is InChI=1S/C13H17BrN2OS/c1-8-7-16(6-5-11(8)17)10-4-2-3-9(14)12(10)13(15)18/h2-4,8,11,17H,5-7H2,1H3,(H2,15,18). The van der Waals surface area contributed by atoms with Crippen LogP contribution in [0.5, 0.6) is 0 Å². The second kappa shape index (κ2) is 5.55. The van der Waals surface area contributed by atoms with Gasteiger partial charge in [-0.1, -0.05) is 25.2 Å². The highest BCUT2D eigenvalue weighted by molar-refractivity contribution is 9.10. The van der Waals surface area contributed by atoms with Gasteiger partial charge in [-0.2, -0.15) is 0 Å². The number of halogens is 1. The quantitative estimate of drug-likeness (QED) is 0.818. The first-order chi connectivity index (χ1) is 8.50. The van der Waals surface area contributed by atoms with Crippen LogP contribution < -0.4 is 10.6 Å². The van der Waals surface area contributed by atoms with Gasteiger partial charge in [0, 0.05) is 28.8 Å². The molecule has 1 aromatic rings. The smallest absolute Gasteiger partial charge is 0.107 e. The SMILES string of the molecule is CC1CN(c2cccc(Br)c2C(N)=S)CCC1O. The molecule has 2 unspecified atom stereocenters. The van der Waals surface area contributed by atoms with Gasteiger partial charge in [-0.05, 0) is 40.4 Å². The first kappa shape index (κ1) is 13.8. The Morgan fingerprint density at radius 2 is 2.28 bits per heavy atom. The van der Waals surface area contributed by atoms with Gasteiger partial charge in [0.25, 0.3) is 0 Å². The second-order valence-electron chi connectivity index (χ2n) is 4.78. The molecule has 0 aliphatic carbocycles. The van der Waals surface area contributed by atoms with Gasteiger partial charge in [-0.15, -0.1) is 0 Å². The third-order valence-corrected chi connectivity index (χ3v) is 4.30. The minimum Gasteiger partial charge on any atom is -0.393 e. The van der Waals surface area contributed by atoms with Crippen molar-refractivity contribution in [2.45, 2.75) is 19.4 Å². The van der Waals surface area contributed by atoms with Crippen molar-refractivity contribution in [2.24, 2.45) is 11.7 Å². The molecule has 3 nitrogen and oxygen atoms in total. The summed E-state index contributed by atoms with van der Waals surface area (Å²) in [6, 6.07) is 5.96. The van der Waals surface area contributed by atoms with E-state index in [9.17, 15) is 5.11 Å². The summed E-state index contributed by atoms with van der Waals surface area (Å²) in [6.07, 6.45) is 0.575.